The minimum absolute atomic E-state index is 0.0578. The highest BCUT2D eigenvalue weighted by Gasteiger charge is 2.45. The summed E-state index contributed by atoms with van der Waals surface area (Å²) in [4.78, 5) is 35.2. The highest BCUT2D eigenvalue weighted by molar-refractivity contribution is 9.10. The Balaban J connectivity index is 1.88. The number of H-pyrrole nitrogens is 1. The third-order valence-electron chi connectivity index (χ3n) is 5.46. The van der Waals surface area contributed by atoms with Crippen molar-refractivity contribution in [1.29, 1.82) is 0 Å². The zero-order valence-corrected chi connectivity index (χ0v) is 20.6. The summed E-state index contributed by atoms with van der Waals surface area (Å²) >= 11 is 3.46. The van der Waals surface area contributed by atoms with E-state index in [1.54, 1.807) is 0 Å². The highest BCUT2D eigenvalue weighted by Crippen LogP contribution is 2.38. The van der Waals surface area contributed by atoms with E-state index in [0.717, 1.165) is 33.8 Å². The minimum atomic E-state index is -1.62. The molecular weight excluding hydrogens is 464 g/mol. The van der Waals surface area contributed by atoms with Gasteiger partial charge in [-0.15, -0.1) is 0 Å². The van der Waals surface area contributed by atoms with Crippen LogP contribution in [0.3, 0.4) is 0 Å². The van der Waals surface area contributed by atoms with Crippen molar-refractivity contribution in [2.45, 2.75) is 45.1 Å². The number of aromatic nitrogens is 2. The van der Waals surface area contributed by atoms with E-state index < -0.39 is 20.2 Å². The van der Waals surface area contributed by atoms with Crippen LogP contribution in [0.4, 0.5) is 4.79 Å². The minimum Gasteiger partial charge on any atom is -0.453 e. The van der Waals surface area contributed by atoms with Crippen LogP contribution >= 0.6 is 15.9 Å². The molecule has 3 rings (SSSR count). The van der Waals surface area contributed by atoms with E-state index >= 15 is 0 Å². The van der Waals surface area contributed by atoms with E-state index in [2.05, 4.69) is 44.3 Å². The molecule has 0 spiro atoms. The molecule has 1 aromatic heterocycles. The van der Waals surface area contributed by atoms with Crippen LogP contribution in [-0.2, 0) is 9.53 Å². The Morgan fingerprint density at radius 2 is 1.97 bits per heavy atom. The van der Waals surface area contributed by atoms with Gasteiger partial charge in [0.25, 0.3) is 0 Å². The van der Waals surface area contributed by atoms with Crippen LogP contribution in [0, 0.1) is 5.92 Å². The topological polar surface area (TPSA) is 87.3 Å². The lowest BCUT2D eigenvalue weighted by Gasteiger charge is -2.30. The zero-order chi connectivity index (χ0) is 22.1. The molecule has 1 saturated heterocycles. The molecule has 7 nitrogen and oxygen atoms in total. The Kier molecular flexibility index (Phi) is 6.71. The van der Waals surface area contributed by atoms with Crippen molar-refractivity contribution in [3.05, 3.63) is 40.8 Å². The molecule has 2 N–H and O–H groups in total. The molecule has 2 atom stereocenters. The molecule has 0 bridgehead atoms. The molecule has 0 saturated carbocycles. The summed E-state index contributed by atoms with van der Waals surface area (Å²) < 4.78 is 5.74. The Bertz CT molecular complexity index is 913. The van der Waals surface area contributed by atoms with Gasteiger partial charge in [0.15, 0.2) is 0 Å². The van der Waals surface area contributed by atoms with E-state index in [-0.39, 0.29) is 17.9 Å². The fourth-order valence-electron chi connectivity index (χ4n) is 3.91. The van der Waals surface area contributed by atoms with Crippen molar-refractivity contribution in [2.24, 2.45) is 5.92 Å². The van der Waals surface area contributed by atoms with Crippen molar-refractivity contribution in [2.75, 3.05) is 13.3 Å². The van der Waals surface area contributed by atoms with E-state index in [1.165, 1.54) is 7.11 Å². The number of hydrogen-bond acceptors (Lipinski definition) is 4. The second kappa shape index (κ2) is 8.93. The summed E-state index contributed by atoms with van der Waals surface area (Å²) in [7, 11) is -0.319. The molecular formula is C21H29BrN4O3Si. The molecule has 9 heteroatoms. The van der Waals surface area contributed by atoms with Crippen molar-refractivity contribution in [3.63, 3.8) is 0 Å². The van der Waals surface area contributed by atoms with Gasteiger partial charge in [-0.3, -0.25) is 4.79 Å². The quantitative estimate of drug-likeness (QED) is 0.607. The molecule has 2 unspecified atom stereocenters. The summed E-state index contributed by atoms with van der Waals surface area (Å²) in [6, 6.07) is 8.19. The third kappa shape index (κ3) is 4.95. The average Bonchev–Trinajstić information content (AvgIpc) is 3.30. The Morgan fingerprint density at radius 3 is 2.57 bits per heavy atom. The van der Waals surface area contributed by atoms with Crippen molar-refractivity contribution < 1.29 is 14.3 Å². The molecule has 1 aliphatic rings. The van der Waals surface area contributed by atoms with Crippen molar-refractivity contribution >= 4 is 36.0 Å². The second-order valence-corrected chi connectivity index (χ2v) is 14.9. The van der Waals surface area contributed by atoms with Crippen molar-refractivity contribution in [3.8, 4) is 11.3 Å². The summed E-state index contributed by atoms with van der Waals surface area (Å²) in [5.74, 6) is 0.651. The number of nitrogens with zero attached hydrogens (tertiary/aromatic N) is 2. The first-order valence-corrected chi connectivity index (χ1v) is 14.3. The van der Waals surface area contributed by atoms with E-state index in [9.17, 15) is 9.59 Å². The van der Waals surface area contributed by atoms with Crippen LogP contribution in [0.1, 0.15) is 25.7 Å². The number of hydrogen-bond donors (Lipinski definition) is 2. The summed E-state index contributed by atoms with van der Waals surface area (Å²) in [5, 5.41) is 2.71. The van der Waals surface area contributed by atoms with Crippen LogP contribution in [0.15, 0.2) is 34.9 Å². The van der Waals surface area contributed by atoms with Gasteiger partial charge in [-0.2, -0.15) is 0 Å². The van der Waals surface area contributed by atoms with Crippen LogP contribution < -0.4 is 5.32 Å². The average molecular weight is 493 g/mol. The lowest BCUT2D eigenvalue weighted by molar-refractivity contribution is -0.135. The number of rotatable bonds is 5. The number of carbonyl (C=O) groups is 2. The van der Waals surface area contributed by atoms with Gasteiger partial charge in [-0.25, -0.2) is 9.78 Å². The van der Waals surface area contributed by atoms with Crippen molar-refractivity contribution in [1.82, 2.24) is 20.2 Å². The maximum atomic E-state index is 13.5. The van der Waals surface area contributed by atoms with Gasteiger partial charge in [0.2, 0.25) is 5.91 Å². The van der Waals surface area contributed by atoms with Crippen LogP contribution in [0.5, 0.6) is 0 Å². The molecule has 1 aromatic carbocycles. The van der Waals surface area contributed by atoms with Crippen LogP contribution in [-0.4, -0.2) is 54.3 Å². The SMILES string of the molecule is COC(=O)NC(C(=O)N1C[Si](C)(C)CC1c1ncc(-c2ccc(Br)cc2)[nH]1)C(C)C. The number of nitrogens with one attached hydrogen (secondary N) is 2. The number of benzene rings is 1. The summed E-state index contributed by atoms with van der Waals surface area (Å²) in [6.45, 7) is 8.41. The number of aromatic amines is 1. The smallest absolute Gasteiger partial charge is 0.407 e. The molecule has 162 valence electrons. The lowest BCUT2D eigenvalue weighted by Crippen LogP contribution is -2.52. The number of alkyl carbamates (subject to hydrolysis) is 1. The Labute approximate surface area is 186 Å². The van der Waals surface area contributed by atoms with E-state index in [0.29, 0.717) is 0 Å². The van der Waals surface area contributed by atoms with Gasteiger partial charge < -0.3 is 19.9 Å². The van der Waals surface area contributed by atoms with E-state index in [4.69, 9.17) is 4.74 Å². The van der Waals surface area contributed by atoms with Gasteiger partial charge in [0, 0.05) is 10.6 Å². The number of imidazole rings is 1. The highest BCUT2D eigenvalue weighted by atomic mass is 79.9. The maximum Gasteiger partial charge on any atom is 0.407 e. The molecule has 2 aromatic rings. The van der Waals surface area contributed by atoms with Gasteiger partial charge in [-0.05, 0) is 29.7 Å². The van der Waals surface area contributed by atoms with Gasteiger partial charge in [0.1, 0.15) is 11.9 Å². The molecule has 1 fully saturated rings. The molecule has 30 heavy (non-hydrogen) atoms. The molecule has 2 heterocycles. The first-order chi connectivity index (χ1) is 14.1. The van der Waals surface area contributed by atoms with Gasteiger partial charge in [-0.1, -0.05) is 55.0 Å². The Morgan fingerprint density at radius 1 is 1.30 bits per heavy atom. The van der Waals surface area contributed by atoms with E-state index in [1.807, 2.05) is 49.2 Å². The molecule has 0 radical (unpaired) electrons. The van der Waals surface area contributed by atoms with Crippen LogP contribution in [0.25, 0.3) is 11.3 Å². The largest absolute Gasteiger partial charge is 0.453 e. The fraction of sp³-hybridized carbons (Fsp3) is 0.476. The molecule has 1 aliphatic heterocycles. The van der Waals surface area contributed by atoms with Gasteiger partial charge in [0.05, 0.1) is 33.1 Å². The summed E-state index contributed by atoms with van der Waals surface area (Å²) in [6.07, 6.45) is 1.96. The number of ether oxygens (including phenoxy) is 1. The lowest BCUT2D eigenvalue weighted by atomic mass is 10.0. The third-order valence-corrected chi connectivity index (χ3v) is 8.68. The predicted octanol–water partition coefficient (Wildman–Crippen LogP) is 4.35. The number of amides is 2. The number of carbonyl (C=O) groups excluding carboxylic acids is 2. The zero-order valence-electron chi connectivity index (χ0n) is 18.0. The molecule has 0 aliphatic carbocycles. The first-order valence-electron chi connectivity index (χ1n) is 10.1. The standard InChI is InChI=1S/C21H29BrN4O3Si/c1-13(2)18(25-21(28)29-3)20(27)26-12-30(4,5)11-17(26)19-23-10-16(24-19)14-6-8-15(22)9-7-14/h6-10,13,17-18H,11-12H2,1-5H3,(H,23,24)(H,25,28). The number of methoxy groups -OCH3 is 1. The van der Waals surface area contributed by atoms with Crippen LogP contribution in [0.2, 0.25) is 19.1 Å². The Hall–Kier alpha value is -2.13. The predicted molar refractivity (Wildman–Crippen MR) is 123 cm³/mol. The maximum absolute atomic E-state index is 13.5. The fourth-order valence-corrected chi connectivity index (χ4v) is 7.06. The number of halogens is 1. The molecule has 2 amide bonds. The normalized spacial score (nSPS) is 19.0. The first kappa shape index (κ1) is 22.5. The monoisotopic (exact) mass is 492 g/mol. The second-order valence-electron chi connectivity index (χ2n) is 8.90. The van der Waals surface area contributed by atoms with Gasteiger partial charge >= 0.3 is 6.09 Å². The summed E-state index contributed by atoms with van der Waals surface area (Å²) in [5.41, 5.74) is 1.96.